The lowest BCUT2D eigenvalue weighted by atomic mass is 9.98. The Bertz CT molecular complexity index is 1110. The molecule has 1 aromatic carbocycles. The molecule has 0 aliphatic heterocycles. The van der Waals surface area contributed by atoms with E-state index in [0.29, 0.717) is 18.5 Å². The van der Waals surface area contributed by atoms with Gasteiger partial charge in [0, 0.05) is 35.5 Å². The molecule has 6 nitrogen and oxygen atoms in total. The second kappa shape index (κ2) is 8.48. The first-order valence-electron chi connectivity index (χ1n) is 9.36. The highest BCUT2D eigenvalue weighted by Crippen LogP contribution is 2.37. The van der Waals surface area contributed by atoms with E-state index < -0.39 is 0 Å². The molecular weight excluding hydrogens is 364 g/mol. The van der Waals surface area contributed by atoms with E-state index in [1.165, 1.54) is 0 Å². The number of aryl methyl sites for hydroxylation is 2. The number of aromatic nitrogens is 3. The zero-order valence-corrected chi connectivity index (χ0v) is 16.0. The van der Waals surface area contributed by atoms with Gasteiger partial charge in [-0.1, -0.05) is 41.6 Å². The molecule has 0 saturated carbocycles. The molecule has 4 rings (SSSR count). The van der Waals surface area contributed by atoms with Crippen LogP contribution in [0.3, 0.4) is 0 Å². The summed E-state index contributed by atoms with van der Waals surface area (Å²) in [4.78, 5) is 21.5. The van der Waals surface area contributed by atoms with Crippen molar-refractivity contribution in [2.75, 3.05) is 5.32 Å². The van der Waals surface area contributed by atoms with Gasteiger partial charge in [-0.25, -0.2) is 0 Å². The van der Waals surface area contributed by atoms with E-state index in [1.54, 1.807) is 31.1 Å². The van der Waals surface area contributed by atoms with Crippen molar-refractivity contribution in [2.45, 2.75) is 19.8 Å². The number of benzene rings is 1. The van der Waals surface area contributed by atoms with Crippen molar-refractivity contribution in [2.24, 2.45) is 0 Å². The monoisotopic (exact) mass is 384 g/mol. The largest absolute Gasteiger partial charge is 0.364 e. The maximum Gasteiger partial charge on any atom is 0.224 e. The van der Waals surface area contributed by atoms with Gasteiger partial charge in [0.05, 0.1) is 23.8 Å². The normalized spacial score (nSPS) is 10.7. The van der Waals surface area contributed by atoms with Gasteiger partial charge in [-0.15, -0.1) is 0 Å². The molecule has 0 saturated heterocycles. The fourth-order valence-electron chi connectivity index (χ4n) is 3.26. The van der Waals surface area contributed by atoms with Gasteiger partial charge in [0.15, 0.2) is 0 Å². The molecule has 144 valence electrons. The fraction of sp³-hybridized carbons (Fsp3) is 0.130. The van der Waals surface area contributed by atoms with Gasteiger partial charge in [-0.3, -0.25) is 14.8 Å². The van der Waals surface area contributed by atoms with Gasteiger partial charge in [0.25, 0.3) is 0 Å². The third-order valence-corrected chi connectivity index (χ3v) is 4.69. The topological polar surface area (TPSA) is 80.9 Å². The lowest BCUT2D eigenvalue weighted by molar-refractivity contribution is -0.116. The van der Waals surface area contributed by atoms with Crippen LogP contribution in [0.2, 0.25) is 0 Å². The number of nitrogens with one attached hydrogen (secondary N) is 1. The Labute approximate surface area is 168 Å². The van der Waals surface area contributed by atoms with E-state index in [2.05, 4.69) is 20.4 Å². The highest BCUT2D eigenvalue weighted by Gasteiger charge is 2.18. The van der Waals surface area contributed by atoms with Crippen molar-refractivity contribution >= 4 is 11.6 Å². The van der Waals surface area contributed by atoms with Crippen molar-refractivity contribution in [3.8, 4) is 22.4 Å². The van der Waals surface area contributed by atoms with E-state index in [1.807, 2.05) is 49.4 Å². The van der Waals surface area contributed by atoms with E-state index >= 15 is 0 Å². The van der Waals surface area contributed by atoms with E-state index in [9.17, 15) is 4.79 Å². The summed E-state index contributed by atoms with van der Waals surface area (Å²) in [5.74, 6) is -0.0803. The first-order chi connectivity index (χ1) is 14.2. The minimum Gasteiger partial charge on any atom is -0.364 e. The predicted molar refractivity (Wildman–Crippen MR) is 111 cm³/mol. The molecule has 3 aromatic heterocycles. The van der Waals surface area contributed by atoms with Gasteiger partial charge >= 0.3 is 0 Å². The highest BCUT2D eigenvalue weighted by molar-refractivity contribution is 5.99. The number of nitrogens with zero attached hydrogens (tertiary/aromatic N) is 3. The number of hydrogen-bond donors (Lipinski definition) is 1. The molecule has 0 aliphatic carbocycles. The summed E-state index contributed by atoms with van der Waals surface area (Å²) in [7, 11) is 0. The first-order valence-corrected chi connectivity index (χ1v) is 9.36. The molecule has 3 heterocycles. The van der Waals surface area contributed by atoms with Crippen LogP contribution in [0.1, 0.15) is 17.5 Å². The van der Waals surface area contributed by atoms with E-state index in [0.717, 1.165) is 33.5 Å². The smallest absolute Gasteiger partial charge is 0.224 e. The summed E-state index contributed by atoms with van der Waals surface area (Å²) in [5.41, 5.74) is 5.90. The van der Waals surface area contributed by atoms with Crippen LogP contribution < -0.4 is 5.32 Å². The molecular formula is C23H20N4O2. The van der Waals surface area contributed by atoms with Crippen molar-refractivity contribution in [1.82, 2.24) is 15.1 Å². The quantitative estimate of drug-likeness (QED) is 0.522. The molecule has 0 bridgehead atoms. The molecule has 0 aliphatic rings. The van der Waals surface area contributed by atoms with Crippen molar-refractivity contribution in [1.29, 1.82) is 0 Å². The van der Waals surface area contributed by atoms with Crippen LogP contribution in [0.25, 0.3) is 22.4 Å². The number of rotatable bonds is 6. The SMILES string of the molecule is Cc1cccnc1-c1cncc(NC(=O)CCc2ccccc2)c1-c1cnoc1. The second-order valence-electron chi connectivity index (χ2n) is 6.73. The van der Waals surface area contributed by atoms with Crippen LogP contribution in [0.15, 0.2) is 78.0 Å². The molecule has 29 heavy (non-hydrogen) atoms. The summed E-state index contributed by atoms with van der Waals surface area (Å²) >= 11 is 0. The molecule has 0 unspecified atom stereocenters. The maximum atomic E-state index is 12.6. The summed E-state index contributed by atoms with van der Waals surface area (Å²) in [6, 6.07) is 13.8. The van der Waals surface area contributed by atoms with Crippen LogP contribution >= 0.6 is 0 Å². The van der Waals surface area contributed by atoms with Crippen LogP contribution in [0.4, 0.5) is 5.69 Å². The zero-order chi connectivity index (χ0) is 20.1. The molecule has 0 fully saturated rings. The molecule has 1 N–H and O–H groups in total. The average molecular weight is 384 g/mol. The Kier molecular flexibility index (Phi) is 5.42. The minimum absolute atomic E-state index is 0.0803. The Morgan fingerprint density at radius 2 is 1.93 bits per heavy atom. The van der Waals surface area contributed by atoms with Crippen LogP contribution in [-0.4, -0.2) is 21.0 Å². The Morgan fingerprint density at radius 3 is 2.69 bits per heavy atom. The van der Waals surface area contributed by atoms with E-state index in [-0.39, 0.29) is 5.91 Å². The maximum absolute atomic E-state index is 12.6. The Balaban J connectivity index is 1.66. The number of anilines is 1. The molecule has 0 spiro atoms. The number of pyridine rings is 2. The lowest BCUT2D eigenvalue weighted by Crippen LogP contribution is -2.13. The van der Waals surface area contributed by atoms with E-state index in [4.69, 9.17) is 4.52 Å². The molecule has 0 atom stereocenters. The first kappa shape index (κ1) is 18.6. The van der Waals surface area contributed by atoms with Gasteiger partial charge < -0.3 is 9.84 Å². The van der Waals surface area contributed by atoms with Crippen molar-refractivity contribution in [3.63, 3.8) is 0 Å². The number of carbonyl (C=O) groups is 1. The summed E-state index contributed by atoms with van der Waals surface area (Å²) in [5, 5.41) is 6.82. The van der Waals surface area contributed by atoms with Gasteiger partial charge in [-0.05, 0) is 30.5 Å². The predicted octanol–water partition coefficient (Wildman–Crippen LogP) is 4.68. The third kappa shape index (κ3) is 4.21. The zero-order valence-electron chi connectivity index (χ0n) is 16.0. The summed E-state index contributed by atoms with van der Waals surface area (Å²) in [6.07, 6.45) is 9.35. The van der Waals surface area contributed by atoms with Crippen LogP contribution in [0.5, 0.6) is 0 Å². The van der Waals surface area contributed by atoms with Crippen molar-refractivity contribution < 1.29 is 9.32 Å². The van der Waals surface area contributed by atoms with Crippen LogP contribution in [0, 0.1) is 6.92 Å². The number of hydrogen-bond acceptors (Lipinski definition) is 5. The third-order valence-electron chi connectivity index (χ3n) is 4.69. The number of carbonyl (C=O) groups excluding carboxylic acids is 1. The Morgan fingerprint density at radius 1 is 1.07 bits per heavy atom. The molecule has 1 amide bonds. The molecule has 6 heteroatoms. The lowest BCUT2D eigenvalue weighted by Gasteiger charge is -2.15. The van der Waals surface area contributed by atoms with Gasteiger partial charge in [-0.2, -0.15) is 0 Å². The number of amides is 1. The van der Waals surface area contributed by atoms with Crippen LogP contribution in [-0.2, 0) is 11.2 Å². The molecule has 4 aromatic rings. The average Bonchev–Trinajstić information content (AvgIpc) is 3.28. The Hall–Kier alpha value is -3.80. The summed E-state index contributed by atoms with van der Waals surface area (Å²) in [6.45, 7) is 1.99. The van der Waals surface area contributed by atoms with Gasteiger partial charge in [0.2, 0.25) is 5.91 Å². The standard InChI is InChI=1S/C23H20N4O2/c1-16-6-5-11-25-23(16)19-13-24-14-20(22(19)18-12-26-29-15-18)27-21(28)10-9-17-7-3-2-4-8-17/h2-8,11-15H,9-10H2,1H3,(H,27,28). The highest BCUT2D eigenvalue weighted by atomic mass is 16.5. The second-order valence-corrected chi connectivity index (χ2v) is 6.73. The molecule has 0 radical (unpaired) electrons. The van der Waals surface area contributed by atoms with Crippen molar-refractivity contribution in [3.05, 3.63) is 84.6 Å². The summed E-state index contributed by atoms with van der Waals surface area (Å²) < 4.78 is 5.05. The minimum atomic E-state index is -0.0803. The van der Waals surface area contributed by atoms with Gasteiger partial charge in [0.1, 0.15) is 6.26 Å². The fourth-order valence-corrected chi connectivity index (χ4v) is 3.26.